The normalized spacial score (nSPS) is 16.0. The van der Waals surface area contributed by atoms with Crippen molar-refractivity contribution in [3.05, 3.63) is 84.2 Å². The molecular formula is C21H21FN4O. The molecule has 0 bridgehead atoms. The molecule has 1 aliphatic heterocycles. The molecule has 138 valence electrons. The van der Waals surface area contributed by atoms with Crippen LogP contribution in [0.3, 0.4) is 0 Å². The lowest BCUT2D eigenvalue weighted by atomic mass is 9.96. The van der Waals surface area contributed by atoms with Crippen LogP contribution in [-0.2, 0) is 11.3 Å². The van der Waals surface area contributed by atoms with Crippen molar-refractivity contribution in [2.75, 3.05) is 18.1 Å². The van der Waals surface area contributed by atoms with E-state index in [1.165, 1.54) is 18.5 Å². The molecular weight excluding hydrogens is 343 g/mol. The fraction of sp³-hybridized carbons (Fsp3) is 0.238. The Labute approximate surface area is 157 Å². The van der Waals surface area contributed by atoms with Gasteiger partial charge < -0.3 is 9.64 Å². The van der Waals surface area contributed by atoms with Gasteiger partial charge in [0.1, 0.15) is 24.2 Å². The third-order valence-corrected chi connectivity index (χ3v) is 4.67. The van der Waals surface area contributed by atoms with E-state index >= 15 is 0 Å². The van der Waals surface area contributed by atoms with Crippen LogP contribution in [-0.4, -0.2) is 27.9 Å². The Morgan fingerprint density at radius 3 is 2.63 bits per heavy atom. The van der Waals surface area contributed by atoms with Gasteiger partial charge in [0.25, 0.3) is 0 Å². The number of benzene rings is 2. The van der Waals surface area contributed by atoms with Gasteiger partial charge in [0, 0.05) is 17.8 Å². The van der Waals surface area contributed by atoms with Crippen LogP contribution in [0.15, 0.2) is 67.3 Å². The van der Waals surface area contributed by atoms with Crippen LogP contribution in [0.25, 0.3) is 5.76 Å². The number of nitrogens with zero attached hydrogens (tertiary/aromatic N) is 4. The minimum absolute atomic E-state index is 0.0504. The molecule has 6 heteroatoms. The van der Waals surface area contributed by atoms with Gasteiger partial charge in [-0.3, -0.25) is 4.68 Å². The smallest absolute Gasteiger partial charge is 0.137 e. The first-order valence-corrected chi connectivity index (χ1v) is 9.05. The molecule has 0 saturated carbocycles. The summed E-state index contributed by atoms with van der Waals surface area (Å²) in [6.07, 6.45) is 5.36. The average molecular weight is 364 g/mol. The third kappa shape index (κ3) is 3.56. The molecule has 0 radical (unpaired) electrons. The second-order valence-corrected chi connectivity index (χ2v) is 6.33. The summed E-state index contributed by atoms with van der Waals surface area (Å²) < 4.78 is 21.2. The van der Waals surface area contributed by atoms with Gasteiger partial charge in [-0.2, -0.15) is 5.10 Å². The maximum atomic E-state index is 13.4. The van der Waals surface area contributed by atoms with Gasteiger partial charge in [-0.1, -0.05) is 24.3 Å². The molecule has 1 unspecified atom stereocenters. The van der Waals surface area contributed by atoms with Crippen LogP contribution in [0.1, 0.15) is 24.1 Å². The monoisotopic (exact) mass is 364 g/mol. The first-order chi connectivity index (χ1) is 13.3. The number of hydrogen-bond acceptors (Lipinski definition) is 4. The predicted octanol–water partition coefficient (Wildman–Crippen LogP) is 4.06. The second-order valence-electron chi connectivity index (χ2n) is 6.33. The lowest BCUT2D eigenvalue weighted by Crippen LogP contribution is -2.34. The number of anilines is 1. The molecule has 27 heavy (non-hydrogen) atoms. The molecule has 2 heterocycles. The minimum Gasteiger partial charge on any atom is -0.493 e. The topological polar surface area (TPSA) is 43.2 Å². The van der Waals surface area contributed by atoms with E-state index in [1.807, 2.05) is 35.9 Å². The molecule has 0 saturated heterocycles. The van der Waals surface area contributed by atoms with Gasteiger partial charge in [-0.05, 0) is 42.8 Å². The number of hydrogen-bond donors (Lipinski definition) is 0. The van der Waals surface area contributed by atoms with E-state index in [0.29, 0.717) is 13.2 Å². The van der Waals surface area contributed by atoms with Crippen LogP contribution >= 0.6 is 0 Å². The standard InChI is InChI=1S/C21H21FN4O/c1-2-27-21-13-20(16-7-9-17(22)10-8-16)26(12-11-25-15-23-14-24-25)19-6-4-3-5-18(19)21/h3-10,13-15,20H,2,11-12H2,1H3. The quantitative estimate of drug-likeness (QED) is 0.662. The lowest BCUT2D eigenvalue weighted by molar-refractivity contribution is 0.295. The highest BCUT2D eigenvalue weighted by Gasteiger charge is 2.28. The van der Waals surface area contributed by atoms with Crippen LogP contribution in [0.2, 0.25) is 0 Å². The van der Waals surface area contributed by atoms with E-state index in [-0.39, 0.29) is 11.9 Å². The van der Waals surface area contributed by atoms with E-state index < -0.39 is 0 Å². The summed E-state index contributed by atoms with van der Waals surface area (Å²) in [6, 6.07) is 14.8. The fourth-order valence-corrected chi connectivity index (χ4v) is 3.44. The first kappa shape index (κ1) is 17.3. The van der Waals surface area contributed by atoms with E-state index in [2.05, 4.69) is 33.2 Å². The summed E-state index contributed by atoms with van der Waals surface area (Å²) in [6.45, 7) is 4.00. The van der Waals surface area contributed by atoms with Crippen LogP contribution in [0.4, 0.5) is 10.1 Å². The van der Waals surface area contributed by atoms with Crippen molar-refractivity contribution in [3.8, 4) is 0 Å². The maximum absolute atomic E-state index is 13.4. The predicted molar refractivity (Wildman–Crippen MR) is 103 cm³/mol. The molecule has 0 amide bonds. The molecule has 1 aliphatic rings. The Morgan fingerprint density at radius 1 is 1.07 bits per heavy atom. The van der Waals surface area contributed by atoms with E-state index in [9.17, 15) is 4.39 Å². The summed E-state index contributed by atoms with van der Waals surface area (Å²) in [7, 11) is 0. The van der Waals surface area contributed by atoms with E-state index in [0.717, 1.165) is 29.1 Å². The molecule has 2 aromatic carbocycles. The number of halogens is 1. The van der Waals surface area contributed by atoms with Crippen LogP contribution in [0.5, 0.6) is 0 Å². The van der Waals surface area contributed by atoms with Crippen molar-refractivity contribution >= 4 is 11.4 Å². The highest BCUT2D eigenvalue weighted by atomic mass is 19.1. The van der Waals surface area contributed by atoms with Crippen LogP contribution < -0.4 is 4.90 Å². The van der Waals surface area contributed by atoms with Crippen molar-refractivity contribution in [3.63, 3.8) is 0 Å². The molecule has 3 aromatic rings. The SMILES string of the molecule is CCOC1=CC(c2ccc(F)cc2)N(CCn2cncn2)c2ccccc21. The van der Waals surface area contributed by atoms with Crippen molar-refractivity contribution in [1.29, 1.82) is 0 Å². The van der Waals surface area contributed by atoms with Gasteiger partial charge in [0.2, 0.25) is 0 Å². The summed E-state index contributed by atoms with van der Waals surface area (Å²) in [5.41, 5.74) is 3.18. The largest absolute Gasteiger partial charge is 0.493 e. The number of ether oxygens (including phenoxy) is 1. The molecule has 0 aliphatic carbocycles. The summed E-state index contributed by atoms with van der Waals surface area (Å²) >= 11 is 0. The van der Waals surface area contributed by atoms with Gasteiger partial charge >= 0.3 is 0 Å². The van der Waals surface area contributed by atoms with Gasteiger partial charge in [-0.25, -0.2) is 9.37 Å². The lowest BCUT2D eigenvalue weighted by Gasteiger charge is -2.37. The summed E-state index contributed by atoms with van der Waals surface area (Å²) in [5.74, 6) is 0.623. The molecule has 1 atom stereocenters. The Morgan fingerprint density at radius 2 is 1.89 bits per heavy atom. The van der Waals surface area contributed by atoms with Crippen molar-refractivity contribution < 1.29 is 9.13 Å². The third-order valence-electron chi connectivity index (χ3n) is 4.67. The Balaban J connectivity index is 1.74. The average Bonchev–Trinajstić information content (AvgIpc) is 3.21. The Hall–Kier alpha value is -3.15. The highest BCUT2D eigenvalue weighted by Crippen LogP contribution is 2.40. The van der Waals surface area contributed by atoms with Gasteiger partial charge in [0.15, 0.2) is 0 Å². The molecule has 0 fully saturated rings. The van der Waals surface area contributed by atoms with Crippen molar-refractivity contribution in [1.82, 2.24) is 14.8 Å². The molecule has 1 aromatic heterocycles. The fourth-order valence-electron chi connectivity index (χ4n) is 3.44. The number of aromatic nitrogens is 3. The molecule has 4 rings (SSSR count). The number of para-hydroxylation sites is 1. The van der Waals surface area contributed by atoms with Crippen molar-refractivity contribution in [2.24, 2.45) is 0 Å². The molecule has 0 N–H and O–H groups in total. The summed E-state index contributed by atoms with van der Waals surface area (Å²) in [4.78, 5) is 6.31. The van der Waals surface area contributed by atoms with Gasteiger partial charge in [0.05, 0.1) is 19.2 Å². The summed E-state index contributed by atoms with van der Waals surface area (Å²) in [5, 5.41) is 4.20. The Bertz CT molecular complexity index is 922. The molecule has 5 nitrogen and oxygen atoms in total. The van der Waals surface area contributed by atoms with Crippen molar-refractivity contribution in [2.45, 2.75) is 19.5 Å². The Kier molecular flexibility index (Phi) is 4.87. The zero-order chi connectivity index (χ0) is 18.6. The van der Waals surface area contributed by atoms with E-state index in [1.54, 1.807) is 6.33 Å². The number of fused-ring (bicyclic) bond motifs is 1. The first-order valence-electron chi connectivity index (χ1n) is 9.05. The highest BCUT2D eigenvalue weighted by molar-refractivity contribution is 5.78. The van der Waals surface area contributed by atoms with Crippen LogP contribution in [0, 0.1) is 5.82 Å². The second kappa shape index (κ2) is 7.61. The zero-order valence-corrected chi connectivity index (χ0v) is 15.1. The minimum atomic E-state index is -0.238. The van der Waals surface area contributed by atoms with E-state index in [4.69, 9.17) is 4.74 Å². The zero-order valence-electron chi connectivity index (χ0n) is 15.1. The van der Waals surface area contributed by atoms with Gasteiger partial charge in [-0.15, -0.1) is 0 Å². The molecule has 0 spiro atoms. The maximum Gasteiger partial charge on any atom is 0.137 e. The number of rotatable bonds is 6.